The van der Waals surface area contributed by atoms with Crippen LogP contribution in [0.25, 0.3) is 11.0 Å². The molecule has 214 valence electrons. The van der Waals surface area contributed by atoms with E-state index in [2.05, 4.69) is 42.8 Å². The highest BCUT2D eigenvalue weighted by atomic mass is 79.9. The van der Waals surface area contributed by atoms with Crippen molar-refractivity contribution in [2.75, 3.05) is 6.54 Å². The molecule has 0 atom stereocenters. The maximum atomic E-state index is 14.1. The topological polar surface area (TPSA) is 67.2 Å². The summed E-state index contributed by atoms with van der Waals surface area (Å²) in [6.07, 6.45) is 15.9. The molecule has 0 saturated heterocycles. The van der Waals surface area contributed by atoms with Crippen LogP contribution >= 0.6 is 15.9 Å². The summed E-state index contributed by atoms with van der Waals surface area (Å²) in [5.74, 6) is 1.24. The molecule has 40 heavy (non-hydrogen) atoms. The van der Waals surface area contributed by atoms with Crippen LogP contribution in [0.4, 0.5) is 0 Å². The zero-order valence-electron chi connectivity index (χ0n) is 23.6. The average molecular weight is 608 g/mol. The fourth-order valence-corrected chi connectivity index (χ4v) is 7.05. The van der Waals surface area contributed by atoms with E-state index in [-0.39, 0.29) is 11.8 Å². The van der Waals surface area contributed by atoms with E-state index >= 15 is 0 Å². The number of aryl methyl sites for hydroxylation is 1. The van der Waals surface area contributed by atoms with E-state index < -0.39 is 0 Å². The van der Waals surface area contributed by atoms with Gasteiger partial charge in [-0.3, -0.25) is 9.59 Å². The minimum Gasteiger partial charge on any atom is -0.352 e. The van der Waals surface area contributed by atoms with Gasteiger partial charge < -0.3 is 14.8 Å². The summed E-state index contributed by atoms with van der Waals surface area (Å²) in [5, 5.41) is 3.03. The van der Waals surface area contributed by atoms with Crippen LogP contribution in [0.1, 0.15) is 99.7 Å². The van der Waals surface area contributed by atoms with Gasteiger partial charge in [0.1, 0.15) is 12.4 Å². The summed E-state index contributed by atoms with van der Waals surface area (Å²) in [7, 11) is 0. The first-order chi connectivity index (χ1) is 19.6. The molecule has 1 N–H and O–H groups in total. The molecule has 0 bridgehead atoms. The van der Waals surface area contributed by atoms with Gasteiger partial charge in [0.05, 0.1) is 11.0 Å². The van der Waals surface area contributed by atoms with Crippen molar-refractivity contribution < 1.29 is 9.59 Å². The average Bonchev–Trinajstić information content (AvgIpc) is 3.33. The number of hydrogen-bond donors (Lipinski definition) is 1. The van der Waals surface area contributed by atoms with Crippen molar-refractivity contribution in [2.24, 2.45) is 0 Å². The smallest absolute Gasteiger partial charge is 0.251 e. The van der Waals surface area contributed by atoms with Crippen molar-refractivity contribution in [3.63, 3.8) is 0 Å². The van der Waals surface area contributed by atoms with Crippen LogP contribution in [0.2, 0.25) is 0 Å². The van der Waals surface area contributed by atoms with E-state index in [1.807, 2.05) is 36.4 Å². The van der Waals surface area contributed by atoms with Gasteiger partial charge in [-0.2, -0.15) is 0 Å². The fraction of sp³-hybridized carbons (Fsp3) is 0.545. The Bertz CT molecular complexity index is 1260. The van der Waals surface area contributed by atoms with Gasteiger partial charge in [0.25, 0.3) is 5.91 Å². The van der Waals surface area contributed by atoms with Gasteiger partial charge in [-0.15, -0.1) is 0 Å². The Morgan fingerprint density at radius 3 is 2.27 bits per heavy atom. The number of amides is 2. The molecule has 0 spiro atoms. The number of para-hydroxylation sites is 2. The van der Waals surface area contributed by atoms with Gasteiger partial charge in [-0.25, -0.2) is 4.98 Å². The SMILES string of the molecule is O=C(NCCCCCc1nc2ccccc2n1CC(=O)N(C1CCCCC1)C1CCCCC1)c1cccc(Br)c1. The molecule has 1 aromatic heterocycles. The van der Waals surface area contributed by atoms with Crippen molar-refractivity contribution >= 4 is 38.8 Å². The Hall–Kier alpha value is -2.67. The minimum absolute atomic E-state index is 0.0397. The zero-order valence-corrected chi connectivity index (χ0v) is 25.2. The Morgan fingerprint density at radius 1 is 0.875 bits per heavy atom. The largest absolute Gasteiger partial charge is 0.352 e. The second-order valence-corrected chi connectivity index (χ2v) is 12.5. The molecule has 5 rings (SSSR count). The summed E-state index contributed by atoms with van der Waals surface area (Å²) < 4.78 is 3.09. The maximum Gasteiger partial charge on any atom is 0.251 e. The van der Waals surface area contributed by atoms with E-state index in [1.54, 1.807) is 0 Å². The van der Waals surface area contributed by atoms with E-state index in [1.165, 1.54) is 38.5 Å². The minimum atomic E-state index is -0.0397. The first kappa shape index (κ1) is 28.8. The molecular weight excluding hydrogens is 564 g/mol. The van der Waals surface area contributed by atoms with Crippen molar-refractivity contribution in [1.29, 1.82) is 0 Å². The summed E-state index contributed by atoms with van der Waals surface area (Å²) in [5.41, 5.74) is 2.69. The van der Waals surface area contributed by atoms with Gasteiger partial charge >= 0.3 is 0 Å². The Morgan fingerprint density at radius 2 is 1.57 bits per heavy atom. The van der Waals surface area contributed by atoms with Crippen molar-refractivity contribution in [2.45, 2.75) is 109 Å². The first-order valence-electron chi connectivity index (χ1n) is 15.4. The van der Waals surface area contributed by atoms with Gasteiger partial charge in [0, 0.05) is 35.1 Å². The van der Waals surface area contributed by atoms with Crippen LogP contribution in [0, 0.1) is 0 Å². The first-order valence-corrected chi connectivity index (χ1v) is 16.2. The molecule has 3 aromatic rings. The molecule has 2 amide bonds. The van der Waals surface area contributed by atoms with Gasteiger partial charge in [0.15, 0.2) is 0 Å². The van der Waals surface area contributed by atoms with Crippen LogP contribution in [0.15, 0.2) is 53.0 Å². The lowest BCUT2D eigenvalue weighted by molar-refractivity contribution is -0.138. The second-order valence-electron chi connectivity index (χ2n) is 11.6. The van der Waals surface area contributed by atoms with Crippen LogP contribution in [-0.4, -0.2) is 44.9 Å². The van der Waals surface area contributed by atoms with Crippen LogP contribution in [0.5, 0.6) is 0 Å². The third-order valence-electron chi connectivity index (χ3n) is 8.70. The molecule has 2 aliphatic rings. The molecular formula is C33H43BrN4O2. The summed E-state index contributed by atoms with van der Waals surface area (Å²) >= 11 is 3.42. The number of fused-ring (bicyclic) bond motifs is 1. The maximum absolute atomic E-state index is 14.1. The van der Waals surface area contributed by atoms with Crippen molar-refractivity contribution in [3.05, 3.63) is 64.4 Å². The lowest BCUT2D eigenvalue weighted by Crippen LogP contribution is -2.50. The Balaban J connectivity index is 1.21. The molecule has 7 heteroatoms. The molecule has 2 aliphatic carbocycles. The molecule has 2 saturated carbocycles. The van der Waals surface area contributed by atoms with Crippen LogP contribution in [0.3, 0.4) is 0 Å². The number of aromatic nitrogens is 2. The lowest BCUT2D eigenvalue weighted by atomic mass is 9.88. The third-order valence-corrected chi connectivity index (χ3v) is 9.19. The highest BCUT2D eigenvalue weighted by molar-refractivity contribution is 9.10. The van der Waals surface area contributed by atoms with Gasteiger partial charge in [-0.05, 0) is 68.9 Å². The van der Waals surface area contributed by atoms with Gasteiger partial charge in [0.2, 0.25) is 5.91 Å². The standard InChI is InChI=1S/C33H43BrN4O2/c34-26-14-12-13-25(23-26)33(40)35-22-11-3-8-21-31-36-29-19-9-10-20-30(29)37(31)24-32(39)38(27-15-4-1-5-16-27)28-17-6-2-7-18-28/h9-10,12-14,19-20,23,27-28H,1-8,11,15-18,21-22,24H2,(H,35,40). The van der Waals surface area contributed by atoms with Crippen LogP contribution < -0.4 is 5.32 Å². The number of carbonyl (C=O) groups excluding carboxylic acids is 2. The number of halogens is 1. The summed E-state index contributed by atoms with van der Waals surface area (Å²) in [6.45, 7) is 1.03. The number of benzene rings is 2. The molecule has 2 aromatic carbocycles. The predicted octanol–water partition coefficient (Wildman–Crippen LogP) is 7.44. The molecule has 1 heterocycles. The number of carbonyl (C=O) groups is 2. The normalized spacial score (nSPS) is 16.7. The summed E-state index contributed by atoms with van der Waals surface area (Å²) in [6, 6.07) is 16.5. The molecule has 0 unspecified atom stereocenters. The number of unbranched alkanes of at least 4 members (excludes halogenated alkanes) is 2. The number of rotatable bonds is 11. The molecule has 0 radical (unpaired) electrons. The number of hydrogen-bond acceptors (Lipinski definition) is 3. The highest BCUT2D eigenvalue weighted by Crippen LogP contribution is 2.31. The van der Waals surface area contributed by atoms with E-state index in [4.69, 9.17) is 4.98 Å². The quantitative estimate of drug-likeness (QED) is 0.231. The van der Waals surface area contributed by atoms with Crippen LogP contribution in [-0.2, 0) is 17.8 Å². The molecule has 6 nitrogen and oxygen atoms in total. The number of nitrogens with zero attached hydrogens (tertiary/aromatic N) is 3. The Labute approximate surface area is 247 Å². The van der Waals surface area contributed by atoms with E-state index in [0.29, 0.717) is 30.7 Å². The Kier molecular flexibility index (Phi) is 10.3. The van der Waals surface area contributed by atoms with E-state index in [0.717, 1.165) is 72.7 Å². The highest BCUT2D eigenvalue weighted by Gasteiger charge is 2.33. The number of imidazole rings is 1. The third kappa shape index (κ3) is 7.34. The molecule has 2 fully saturated rings. The van der Waals surface area contributed by atoms with Crippen molar-refractivity contribution in [1.82, 2.24) is 19.8 Å². The summed E-state index contributed by atoms with van der Waals surface area (Å²) in [4.78, 5) is 33.7. The zero-order chi connectivity index (χ0) is 27.7. The van der Waals surface area contributed by atoms with Gasteiger partial charge in [-0.1, -0.05) is 79.1 Å². The van der Waals surface area contributed by atoms with E-state index in [9.17, 15) is 9.59 Å². The predicted molar refractivity (Wildman–Crippen MR) is 164 cm³/mol. The molecule has 0 aliphatic heterocycles. The van der Waals surface area contributed by atoms with Crippen molar-refractivity contribution in [3.8, 4) is 0 Å². The number of nitrogens with one attached hydrogen (secondary N) is 1. The fourth-order valence-electron chi connectivity index (χ4n) is 6.65. The monoisotopic (exact) mass is 606 g/mol. The second kappa shape index (κ2) is 14.3. The lowest BCUT2D eigenvalue weighted by Gasteiger charge is -2.42.